The Balaban J connectivity index is 1.75. The van der Waals surface area contributed by atoms with Crippen LogP contribution in [0.15, 0.2) is 34.7 Å². The van der Waals surface area contributed by atoms with Crippen LogP contribution in [0.3, 0.4) is 0 Å². The van der Waals surface area contributed by atoms with Crippen LogP contribution in [0.2, 0.25) is 0 Å². The van der Waals surface area contributed by atoms with Crippen molar-refractivity contribution >= 4 is 26.7 Å². The summed E-state index contributed by atoms with van der Waals surface area (Å²) >= 11 is 0. The molecule has 1 aromatic heterocycles. The molecule has 0 aliphatic carbocycles. The van der Waals surface area contributed by atoms with E-state index in [1.807, 2.05) is 18.2 Å². The molecule has 6 heteroatoms. The molecule has 1 fully saturated rings. The second-order valence-electron chi connectivity index (χ2n) is 4.93. The van der Waals surface area contributed by atoms with Crippen LogP contribution < -0.4 is 0 Å². The Morgan fingerprint density at radius 2 is 2.05 bits per heavy atom. The molecule has 3 rings (SSSR count). The molecule has 5 nitrogen and oxygen atoms in total. The number of hydrogen-bond acceptors (Lipinski definition) is 4. The molecule has 20 heavy (non-hydrogen) atoms. The number of amides is 1. The summed E-state index contributed by atoms with van der Waals surface area (Å²) in [6, 6.07) is 9.08. The molecular weight excluding hydrogens is 278 g/mol. The van der Waals surface area contributed by atoms with Crippen LogP contribution in [-0.2, 0) is 9.84 Å². The van der Waals surface area contributed by atoms with Crippen molar-refractivity contribution in [2.45, 2.75) is 12.2 Å². The van der Waals surface area contributed by atoms with Crippen molar-refractivity contribution in [2.24, 2.45) is 0 Å². The average Bonchev–Trinajstić information content (AvgIpc) is 2.80. The summed E-state index contributed by atoms with van der Waals surface area (Å²) in [5.41, 5.74) is 0.661. The molecule has 0 radical (unpaired) electrons. The minimum Gasteiger partial charge on any atom is -0.451 e. The van der Waals surface area contributed by atoms with Crippen LogP contribution in [0.5, 0.6) is 0 Å². The van der Waals surface area contributed by atoms with Crippen molar-refractivity contribution < 1.29 is 17.6 Å². The molecule has 1 aliphatic rings. The Morgan fingerprint density at radius 3 is 2.70 bits per heavy atom. The quantitative estimate of drug-likeness (QED) is 0.863. The van der Waals surface area contributed by atoms with E-state index in [2.05, 4.69) is 0 Å². The van der Waals surface area contributed by atoms with Crippen LogP contribution in [-0.4, -0.2) is 43.3 Å². The van der Waals surface area contributed by atoms with E-state index in [1.165, 1.54) is 4.90 Å². The molecule has 1 saturated heterocycles. The number of para-hydroxylation sites is 1. The number of likely N-dealkylation sites (tertiary alicyclic amines) is 1. The summed E-state index contributed by atoms with van der Waals surface area (Å²) in [6.45, 7) is 2.14. The lowest BCUT2D eigenvalue weighted by Crippen LogP contribution is -2.57. The van der Waals surface area contributed by atoms with Gasteiger partial charge in [0.15, 0.2) is 15.6 Å². The number of sulfone groups is 1. The van der Waals surface area contributed by atoms with Gasteiger partial charge in [-0.3, -0.25) is 4.79 Å². The van der Waals surface area contributed by atoms with Gasteiger partial charge in [0.2, 0.25) is 0 Å². The van der Waals surface area contributed by atoms with Crippen LogP contribution in [0.1, 0.15) is 17.5 Å². The number of carbonyl (C=O) groups is 1. The molecule has 1 aromatic carbocycles. The maximum absolute atomic E-state index is 12.2. The van der Waals surface area contributed by atoms with Crippen molar-refractivity contribution in [1.82, 2.24) is 4.90 Å². The van der Waals surface area contributed by atoms with Gasteiger partial charge in [-0.05, 0) is 12.1 Å². The molecule has 1 amide bonds. The van der Waals surface area contributed by atoms with Gasteiger partial charge in [-0.25, -0.2) is 8.42 Å². The van der Waals surface area contributed by atoms with Crippen LogP contribution in [0, 0.1) is 0 Å². The Morgan fingerprint density at radius 1 is 1.35 bits per heavy atom. The van der Waals surface area contributed by atoms with Crippen LogP contribution in [0.25, 0.3) is 11.0 Å². The zero-order chi connectivity index (χ0) is 14.3. The predicted octanol–water partition coefficient (Wildman–Crippen LogP) is 1.69. The van der Waals surface area contributed by atoms with Crippen LogP contribution >= 0.6 is 0 Å². The number of benzene rings is 1. The zero-order valence-corrected chi connectivity index (χ0v) is 11.9. The van der Waals surface area contributed by atoms with E-state index in [4.69, 9.17) is 4.42 Å². The maximum atomic E-state index is 12.2. The van der Waals surface area contributed by atoms with E-state index in [0.29, 0.717) is 5.58 Å². The summed E-state index contributed by atoms with van der Waals surface area (Å²) in [5.74, 6) is 0.131. The second-order valence-corrected chi connectivity index (χ2v) is 7.50. The fraction of sp³-hybridized carbons (Fsp3) is 0.357. The van der Waals surface area contributed by atoms with Gasteiger partial charge in [0, 0.05) is 24.2 Å². The summed E-state index contributed by atoms with van der Waals surface area (Å²) in [5, 5.41) is 0.440. The minimum atomic E-state index is -3.06. The molecular formula is C14H15NO4S. The number of hydrogen-bond donors (Lipinski definition) is 0. The van der Waals surface area contributed by atoms with Gasteiger partial charge in [-0.2, -0.15) is 0 Å². The van der Waals surface area contributed by atoms with E-state index in [9.17, 15) is 13.2 Å². The number of carbonyl (C=O) groups excluding carboxylic acids is 1. The standard InChI is InChI=1S/C14H15NO4S/c1-2-20(17,18)11-8-15(9-11)14(16)13-7-10-5-3-4-6-12(10)19-13/h3-7,11H,2,8-9H2,1H3. The molecule has 106 valence electrons. The largest absolute Gasteiger partial charge is 0.451 e. The number of nitrogens with zero attached hydrogens (tertiary/aromatic N) is 1. The number of fused-ring (bicyclic) bond motifs is 1. The van der Waals surface area contributed by atoms with Gasteiger partial charge in [-0.1, -0.05) is 25.1 Å². The zero-order valence-electron chi connectivity index (χ0n) is 11.1. The summed E-state index contributed by atoms with van der Waals surface area (Å²) in [7, 11) is -3.06. The second kappa shape index (κ2) is 4.63. The highest BCUT2D eigenvalue weighted by molar-refractivity contribution is 7.92. The highest BCUT2D eigenvalue weighted by Crippen LogP contribution is 2.24. The molecule has 2 aromatic rings. The Kier molecular flexibility index (Phi) is 3.05. The fourth-order valence-corrected chi connectivity index (χ4v) is 3.60. The third-order valence-electron chi connectivity index (χ3n) is 3.68. The van der Waals surface area contributed by atoms with Gasteiger partial charge in [0.05, 0.1) is 5.25 Å². The Hall–Kier alpha value is -1.82. The molecule has 0 bridgehead atoms. The van der Waals surface area contributed by atoms with Gasteiger partial charge in [0.25, 0.3) is 5.91 Å². The van der Waals surface area contributed by atoms with E-state index in [-0.39, 0.29) is 30.5 Å². The third kappa shape index (κ3) is 2.10. The Bertz CT molecular complexity index is 723. The average molecular weight is 293 g/mol. The van der Waals surface area contributed by atoms with Gasteiger partial charge in [0.1, 0.15) is 5.58 Å². The fourth-order valence-electron chi connectivity index (χ4n) is 2.31. The van der Waals surface area contributed by atoms with Gasteiger partial charge < -0.3 is 9.32 Å². The van der Waals surface area contributed by atoms with Crippen LogP contribution in [0.4, 0.5) is 0 Å². The smallest absolute Gasteiger partial charge is 0.289 e. The van der Waals surface area contributed by atoms with E-state index < -0.39 is 15.1 Å². The molecule has 0 atom stereocenters. The van der Waals surface area contributed by atoms with Crippen molar-refractivity contribution in [3.63, 3.8) is 0 Å². The summed E-state index contributed by atoms with van der Waals surface area (Å²) in [6.07, 6.45) is 0. The number of furan rings is 1. The monoisotopic (exact) mass is 293 g/mol. The first-order valence-electron chi connectivity index (χ1n) is 6.50. The molecule has 0 N–H and O–H groups in total. The van der Waals surface area contributed by atoms with Crippen molar-refractivity contribution in [3.8, 4) is 0 Å². The van der Waals surface area contributed by atoms with E-state index >= 15 is 0 Å². The van der Waals surface area contributed by atoms with E-state index in [1.54, 1.807) is 19.1 Å². The molecule has 2 heterocycles. The lowest BCUT2D eigenvalue weighted by Gasteiger charge is -2.37. The summed E-state index contributed by atoms with van der Waals surface area (Å²) in [4.78, 5) is 13.7. The highest BCUT2D eigenvalue weighted by atomic mass is 32.2. The minimum absolute atomic E-state index is 0.115. The number of rotatable bonds is 3. The topological polar surface area (TPSA) is 67.6 Å². The third-order valence-corrected chi connectivity index (χ3v) is 5.80. The normalized spacial score (nSPS) is 16.4. The highest BCUT2D eigenvalue weighted by Gasteiger charge is 2.39. The lowest BCUT2D eigenvalue weighted by molar-refractivity contribution is 0.0628. The van der Waals surface area contributed by atoms with Gasteiger partial charge >= 0.3 is 0 Å². The van der Waals surface area contributed by atoms with E-state index in [0.717, 1.165) is 5.39 Å². The maximum Gasteiger partial charge on any atom is 0.289 e. The first-order chi connectivity index (χ1) is 9.51. The molecule has 0 saturated carbocycles. The first-order valence-corrected chi connectivity index (χ1v) is 8.22. The summed E-state index contributed by atoms with van der Waals surface area (Å²) < 4.78 is 28.8. The van der Waals surface area contributed by atoms with Crippen molar-refractivity contribution in [3.05, 3.63) is 36.1 Å². The molecule has 0 unspecified atom stereocenters. The van der Waals surface area contributed by atoms with Crippen molar-refractivity contribution in [1.29, 1.82) is 0 Å². The van der Waals surface area contributed by atoms with Crippen molar-refractivity contribution in [2.75, 3.05) is 18.8 Å². The Labute approximate surface area is 117 Å². The SMILES string of the molecule is CCS(=O)(=O)C1CN(C(=O)c2cc3ccccc3o2)C1. The molecule has 0 spiro atoms. The molecule has 1 aliphatic heterocycles. The first kappa shape index (κ1) is 13.2. The predicted molar refractivity (Wildman–Crippen MR) is 75.4 cm³/mol. The lowest BCUT2D eigenvalue weighted by atomic mass is 10.2. The van der Waals surface area contributed by atoms with Gasteiger partial charge in [-0.15, -0.1) is 0 Å².